The molecular formula is C15H14N2O8. The highest BCUT2D eigenvalue weighted by Crippen LogP contribution is 2.28. The Morgan fingerprint density at radius 3 is 2.40 bits per heavy atom. The van der Waals surface area contributed by atoms with Crippen molar-refractivity contribution >= 4 is 29.3 Å². The zero-order valence-electron chi connectivity index (χ0n) is 13.5. The topological polar surface area (TPSA) is 134 Å². The van der Waals surface area contributed by atoms with Gasteiger partial charge >= 0.3 is 17.9 Å². The quantitative estimate of drug-likeness (QED) is 0.282. The Balaban J connectivity index is 2.39. The van der Waals surface area contributed by atoms with Gasteiger partial charge in [-0.25, -0.2) is 14.4 Å². The number of hydrogen-bond acceptors (Lipinski definition) is 9. The maximum absolute atomic E-state index is 11.9. The van der Waals surface area contributed by atoms with E-state index in [2.05, 4.69) is 10.1 Å². The van der Waals surface area contributed by atoms with Gasteiger partial charge in [0, 0.05) is 26.1 Å². The number of carbonyl (C=O) groups is 3. The van der Waals surface area contributed by atoms with Crippen LogP contribution in [0.15, 0.2) is 30.0 Å². The van der Waals surface area contributed by atoms with Gasteiger partial charge in [0.15, 0.2) is 11.1 Å². The Hall–Kier alpha value is -3.43. The van der Waals surface area contributed by atoms with Crippen molar-refractivity contribution in [3.8, 4) is 0 Å². The van der Waals surface area contributed by atoms with Crippen molar-refractivity contribution in [1.82, 2.24) is 0 Å². The number of methoxy groups -OCH3 is 1. The summed E-state index contributed by atoms with van der Waals surface area (Å²) in [7, 11) is 1.07. The minimum absolute atomic E-state index is 0.0287. The molecule has 1 aliphatic heterocycles. The van der Waals surface area contributed by atoms with E-state index in [0.29, 0.717) is 0 Å². The van der Waals surface area contributed by atoms with Gasteiger partial charge < -0.3 is 19.5 Å². The molecular weight excluding hydrogens is 336 g/mol. The van der Waals surface area contributed by atoms with Crippen LogP contribution in [0.3, 0.4) is 0 Å². The van der Waals surface area contributed by atoms with Crippen molar-refractivity contribution in [2.45, 2.75) is 19.6 Å². The molecule has 0 radical (unpaired) electrons. The lowest BCUT2D eigenvalue weighted by atomic mass is 10.1. The molecule has 10 nitrogen and oxygen atoms in total. The summed E-state index contributed by atoms with van der Waals surface area (Å²) < 4.78 is 14.4. The molecule has 1 aromatic rings. The van der Waals surface area contributed by atoms with E-state index in [0.717, 1.165) is 19.4 Å². The average Bonchev–Trinajstić information content (AvgIpc) is 2.51. The van der Waals surface area contributed by atoms with Crippen molar-refractivity contribution in [2.75, 3.05) is 12.4 Å². The maximum Gasteiger partial charge on any atom is 0.350 e. The van der Waals surface area contributed by atoms with Crippen molar-refractivity contribution < 1.29 is 33.5 Å². The predicted molar refractivity (Wildman–Crippen MR) is 82.4 cm³/mol. The van der Waals surface area contributed by atoms with Gasteiger partial charge in [-0.1, -0.05) is 6.07 Å². The Morgan fingerprint density at radius 2 is 1.88 bits per heavy atom. The van der Waals surface area contributed by atoms with E-state index >= 15 is 0 Å². The van der Waals surface area contributed by atoms with Gasteiger partial charge in [-0.15, -0.1) is 0 Å². The zero-order chi connectivity index (χ0) is 18.8. The van der Waals surface area contributed by atoms with Crippen LogP contribution in [0.5, 0.6) is 0 Å². The Kier molecular flexibility index (Phi) is 4.72. The Labute approximate surface area is 141 Å². The van der Waals surface area contributed by atoms with Gasteiger partial charge in [-0.2, -0.15) is 0 Å². The van der Waals surface area contributed by atoms with Gasteiger partial charge in [0.25, 0.3) is 11.5 Å². The molecule has 0 amide bonds. The lowest BCUT2D eigenvalue weighted by molar-refractivity contribution is -0.385. The number of esters is 3. The summed E-state index contributed by atoms with van der Waals surface area (Å²) in [6, 6.07) is 3.79. The molecule has 1 heterocycles. The second-order valence-corrected chi connectivity index (χ2v) is 5.33. The van der Waals surface area contributed by atoms with Gasteiger partial charge in [0.05, 0.1) is 17.7 Å². The third kappa shape index (κ3) is 3.74. The average molecular weight is 350 g/mol. The number of anilines is 1. The summed E-state index contributed by atoms with van der Waals surface area (Å²) in [5.41, 5.74) is -1.34. The first kappa shape index (κ1) is 17.9. The molecule has 2 rings (SSSR count). The van der Waals surface area contributed by atoms with E-state index in [-0.39, 0.29) is 11.3 Å². The molecule has 132 valence electrons. The fourth-order valence-corrected chi connectivity index (χ4v) is 2.06. The highest BCUT2D eigenvalue weighted by molar-refractivity contribution is 6.15. The van der Waals surface area contributed by atoms with E-state index in [1.165, 1.54) is 26.0 Å². The summed E-state index contributed by atoms with van der Waals surface area (Å²) in [6.07, 6.45) is 0.950. The number of hydrogen-bond donors (Lipinski definition) is 1. The molecule has 1 aromatic carbocycles. The molecule has 25 heavy (non-hydrogen) atoms. The lowest BCUT2D eigenvalue weighted by Crippen LogP contribution is -2.42. The van der Waals surface area contributed by atoms with Crippen molar-refractivity contribution in [1.29, 1.82) is 0 Å². The second kappa shape index (κ2) is 6.59. The molecule has 0 atom stereocenters. The molecule has 0 saturated carbocycles. The van der Waals surface area contributed by atoms with E-state index in [1.54, 1.807) is 0 Å². The first-order chi connectivity index (χ1) is 11.7. The third-order valence-electron chi connectivity index (χ3n) is 3.12. The molecule has 1 fully saturated rings. The molecule has 0 aliphatic carbocycles. The second-order valence-electron chi connectivity index (χ2n) is 5.33. The number of nitro benzene ring substituents is 1. The van der Waals surface area contributed by atoms with Crippen molar-refractivity contribution in [3.63, 3.8) is 0 Å². The molecule has 0 unspecified atom stereocenters. The standard InChI is InChI=1S/C15H14N2O8/c1-15(2)24-12(18)8(13(19)25-15)7-16-9-5-4-6-10(17(21)22)11(9)14(20)23-3/h4-7,16H,1-3H3. The number of nitrogens with one attached hydrogen (secondary N) is 1. The normalized spacial score (nSPS) is 15.7. The first-order valence-corrected chi connectivity index (χ1v) is 6.95. The molecule has 1 saturated heterocycles. The van der Waals surface area contributed by atoms with Crippen LogP contribution >= 0.6 is 0 Å². The fraction of sp³-hybridized carbons (Fsp3) is 0.267. The largest absolute Gasteiger partial charge is 0.465 e. The van der Waals surface area contributed by atoms with E-state index in [1.807, 2.05) is 0 Å². The lowest BCUT2D eigenvalue weighted by Gasteiger charge is -2.29. The molecule has 0 aromatic heterocycles. The van der Waals surface area contributed by atoms with Crippen LogP contribution in [0, 0.1) is 10.1 Å². The summed E-state index contributed by atoms with van der Waals surface area (Å²) >= 11 is 0. The minimum atomic E-state index is -1.39. The summed E-state index contributed by atoms with van der Waals surface area (Å²) in [4.78, 5) is 45.9. The molecule has 0 spiro atoms. The fourth-order valence-electron chi connectivity index (χ4n) is 2.06. The molecule has 1 N–H and O–H groups in total. The zero-order valence-corrected chi connectivity index (χ0v) is 13.5. The van der Waals surface area contributed by atoms with Crippen LogP contribution in [0.1, 0.15) is 24.2 Å². The molecule has 10 heteroatoms. The van der Waals surface area contributed by atoms with Crippen LogP contribution < -0.4 is 5.32 Å². The van der Waals surface area contributed by atoms with Crippen LogP contribution in [-0.2, 0) is 23.8 Å². The van der Waals surface area contributed by atoms with E-state index in [9.17, 15) is 24.5 Å². The van der Waals surface area contributed by atoms with Gasteiger partial charge in [-0.05, 0) is 6.07 Å². The third-order valence-corrected chi connectivity index (χ3v) is 3.12. The summed E-state index contributed by atoms with van der Waals surface area (Å²) in [5, 5.41) is 13.6. The highest BCUT2D eigenvalue weighted by atomic mass is 16.7. The summed E-state index contributed by atoms with van der Waals surface area (Å²) in [5.74, 6) is -4.21. The number of cyclic esters (lactones) is 2. The SMILES string of the molecule is COC(=O)c1c(NC=C2C(=O)OC(C)(C)OC2=O)cccc1[N+](=O)[O-]. The monoisotopic (exact) mass is 350 g/mol. The highest BCUT2D eigenvalue weighted by Gasteiger charge is 2.39. The van der Waals surface area contributed by atoms with E-state index < -0.39 is 39.9 Å². The smallest absolute Gasteiger partial charge is 0.350 e. The Bertz CT molecular complexity index is 775. The maximum atomic E-state index is 11.9. The van der Waals surface area contributed by atoms with Gasteiger partial charge in [0.1, 0.15) is 0 Å². The summed E-state index contributed by atoms with van der Waals surface area (Å²) in [6.45, 7) is 2.78. The molecule has 0 bridgehead atoms. The molecule has 1 aliphatic rings. The van der Waals surface area contributed by atoms with E-state index in [4.69, 9.17) is 9.47 Å². The number of ether oxygens (including phenoxy) is 3. The Morgan fingerprint density at radius 1 is 1.28 bits per heavy atom. The van der Waals surface area contributed by atoms with Crippen LogP contribution in [0.4, 0.5) is 11.4 Å². The number of benzene rings is 1. The van der Waals surface area contributed by atoms with Gasteiger partial charge in [-0.3, -0.25) is 10.1 Å². The minimum Gasteiger partial charge on any atom is -0.465 e. The van der Waals surface area contributed by atoms with Crippen LogP contribution in [0.25, 0.3) is 0 Å². The van der Waals surface area contributed by atoms with Crippen molar-refractivity contribution in [3.05, 3.63) is 45.6 Å². The predicted octanol–water partition coefficient (Wildman–Crippen LogP) is 1.51. The van der Waals surface area contributed by atoms with Gasteiger partial charge in [0.2, 0.25) is 0 Å². The first-order valence-electron chi connectivity index (χ1n) is 6.95. The number of nitrogens with zero attached hydrogens (tertiary/aromatic N) is 1. The van der Waals surface area contributed by atoms with Crippen molar-refractivity contribution in [2.24, 2.45) is 0 Å². The number of nitro groups is 1. The van der Waals surface area contributed by atoms with Crippen LogP contribution in [0.2, 0.25) is 0 Å². The number of carbonyl (C=O) groups excluding carboxylic acids is 3. The number of rotatable bonds is 4. The van der Waals surface area contributed by atoms with Crippen LogP contribution in [-0.4, -0.2) is 35.7 Å².